The number of nitrogens with zero attached hydrogens (tertiary/aromatic N) is 2. The molecular weight excluding hydrogens is 262 g/mol. The fourth-order valence-corrected chi connectivity index (χ4v) is 2.54. The average Bonchev–Trinajstić information content (AvgIpc) is 2.48. The summed E-state index contributed by atoms with van der Waals surface area (Å²) in [5.41, 5.74) is 3.85. The van der Waals surface area contributed by atoms with Crippen LogP contribution in [0.3, 0.4) is 0 Å². The Kier molecular flexibility index (Phi) is 5.88. The molecule has 118 valence electrons. The third-order valence-corrected chi connectivity index (χ3v) is 4.13. The Balaban J connectivity index is 2.01. The van der Waals surface area contributed by atoms with Crippen LogP contribution < -0.4 is 10.2 Å². The summed E-state index contributed by atoms with van der Waals surface area (Å²) in [5.74, 6) is 0. The molecule has 1 aliphatic rings. The number of hydrogen-bond donors (Lipinski definition) is 1. The maximum atomic E-state index is 5.43. The van der Waals surface area contributed by atoms with E-state index in [1.807, 2.05) is 0 Å². The highest BCUT2D eigenvalue weighted by Crippen LogP contribution is 2.25. The molecule has 1 aromatic rings. The van der Waals surface area contributed by atoms with E-state index in [2.05, 4.69) is 61.4 Å². The second-order valence-electron chi connectivity index (χ2n) is 6.26. The van der Waals surface area contributed by atoms with Gasteiger partial charge in [0.15, 0.2) is 0 Å². The lowest BCUT2D eigenvalue weighted by Gasteiger charge is -2.27. The van der Waals surface area contributed by atoms with Gasteiger partial charge in [0.2, 0.25) is 0 Å². The van der Waals surface area contributed by atoms with E-state index in [4.69, 9.17) is 4.74 Å². The summed E-state index contributed by atoms with van der Waals surface area (Å²) in [6, 6.07) is 7.24. The molecule has 4 heteroatoms. The molecule has 4 nitrogen and oxygen atoms in total. The third-order valence-electron chi connectivity index (χ3n) is 4.13. The van der Waals surface area contributed by atoms with Crippen molar-refractivity contribution in [2.75, 3.05) is 57.7 Å². The van der Waals surface area contributed by atoms with Crippen LogP contribution in [0.15, 0.2) is 18.2 Å². The highest BCUT2D eigenvalue weighted by atomic mass is 16.5. The SMILES string of the molecule is Cc1ccc(N(C)CCN(C)C)cc1NC1CCOCC1. The predicted octanol–water partition coefficient (Wildman–Crippen LogP) is 2.58. The van der Waals surface area contributed by atoms with E-state index in [1.54, 1.807) is 0 Å². The van der Waals surface area contributed by atoms with Crippen molar-refractivity contribution in [3.05, 3.63) is 23.8 Å². The molecule has 0 bridgehead atoms. The third kappa shape index (κ3) is 4.90. The van der Waals surface area contributed by atoms with Crippen LogP contribution in [0.4, 0.5) is 11.4 Å². The number of benzene rings is 1. The minimum absolute atomic E-state index is 0.541. The number of hydrogen-bond acceptors (Lipinski definition) is 4. The monoisotopic (exact) mass is 291 g/mol. The standard InChI is InChI=1S/C17H29N3O/c1-14-5-6-16(20(4)10-9-19(2)3)13-17(14)18-15-7-11-21-12-8-15/h5-6,13,15,18H,7-12H2,1-4H3. The topological polar surface area (TPSA) is 27.7 Å². The fraction of sp³-hybridized carbons (Fsp3) is 0.647. The van der Waals surface area contributed by atoms with Crippen molar-refractivity contribution < 1.29 is 4.74 Å². The lowest BCUT2D eigenvalue weighted by molar-refractivity contribution is 0.0904. The van der Waals surface area contributed by atoms with Crippen LogP contribution in [-0.2, 0) is 4.74 Å². The molecule has 2 rings (SSSR count). The van der Waals surface area contributed by atoms with Crippen LogP contribution in [0.5, 0.6) is 0 Å². The van der Waals surface area contributed by atoms with Crippen molar-refractivity contribution in [3.8, 4) is 0 Å². The number of rotatable bonds is 6. The molecule has 0 aliphatic carbocycles. The molecule has 0 radical (unpaired) electrons. The van der Waals surface area contributed by atoms with Gasteiger partial charge in [0.05, 0.1) is 0 Å². The van der Waals surface area contributed by atoms with Crippen LogP contribution >= 0.6 is 0 Å². The minimum atomic E-state index is 0.541. The number of ether oxygens (including phenoxy) is 1. The lowest BCUT2D eigenvalue weighted by atomic mass is 10.1. The maximum absolute atomic E-state index is 5.43. The van der Waals surface area contributed by atoms with Crippen molar-refractivity contribution in [1.29, 1.82) is 0 Å². The largest absolute Gasteiger partial charge is 0.382 e. The van der Waals surface area contributed by atoms with E-state index in [-0.39, 0.29) is 0 Å². The molecule has 0 amide bonds. The van der Waals surface area contributed by atoms with E-state index < -0.39 is 0 Å². The van der Waals surface area contributed by atoms with E-state index in [1.165, 1.54) is 16.9 Å². The first kappa shape index (κ1) is 16.1. The van der Waals surface area contributed by atoms with Gasteiger partial charge in [-0.1, -0.05) is 6.07 Å². The summed E-state index contributed by atoms with van der Waals surface area (Å²) in [5, 5.41) is 3.69. The second kappa shape index (κ2) is 7.66. The van der Waals surface area contributed by atoms with Crippen molar-refractivity contribution in [1.82, 2.24) is 4.90 Å². The van der Waals surface area contributed by atoms with Gasteiger partial charge in [-0.15, -0.1) is 0 Å². The van der Waals surface area contributed by atoms with Gasteiger partial charge in [-0.25, -0.2) is 0 Å². The molecule has 0 spiro atoms. The molecule has 1 aliphatic heterocycles. The molecule has 1 heterocycles. The number of aryl methyl sites for hydroxylation is 1. The molecule has 0 atom stereocenters. The Morgan fingerprint density at radius 1 is 1.14 bits per heavy atom. The van der Waals surface area contributed by atoms with Crippen molar-refractivity contribution in [3.63, 3.8) is 0 Å². The number of anilines is 2. The molecule has 0 saturated carbocycles. The normalized spacial score (nSPS) is 16.2. The summed E-state index contributed by atoms with van der Waals surface area (Å²) in [6.45, 7) is 6.02. The quantitative estimate of drug-likeness (QED) is 0.872. The van der Waals surface area contributed by atoms with Gasteiger partial charge in [0.1, 0.15) is 0 Å². The zero-order chi connectivity index (χ0) is 15.2. The fourth-order valence-electron chi connectivity index (χ4n) is 2.54. The van der Waals surface area contributed by atoms with Crippen molar-refractivity contribution in [2.24, 2.45) is 0 Å². The lowest BCUT2D eigenvalue weighted by Crippen LogP contribution is -2.29. The van der Waals surface area contributed by atoms with Gasteiger partial charge in [-0.3, -0.25) is 0 Å². The van der Waals surface area contributed by atoms with E-state index in [0.29, 0.717) is 6.04 Å². The van der Waals surface area contributed by atoms with Gasteiger partial charge in [-0.2, -0.15) is 0 Å². The predicted molar refractivity (Wildman–Crippen MR) is 90.5 cm³/mol. The first-order chi connectivity index (χ1) is 10.1. The van der Waals surface area contributed by atoms with Crippen LogP contribution in [0, 0.1) is 6.92 Å². The van der Waals surface area contributed by atoms with Gasteiger partial charge in [0.25, 0.3) is 0 Å². The van der Waals surface area contributed by atoms with Crippen LogP contribution in [0.1, 0.15) is 18.4 Å². The maximum Gasteiger partial charge on any atom is 0.0485 e. The van der Waals surface area contributed by atoms with Gasteiger partial charge in [0, 0.05) is 50.8 Å². The molecule has 1 saturated heterocycles. The summed E-state index contributed by atoms with van der Waals surface area (Å²) < 4.78 is 5.43. The van der Waals surface area contributed by atoms with E-state index in [0.717, 1.165) is 39.1 Å². The first-order valence-electron chi connectivity index (χ1n) is 7.87. The first-order valence-corrected chi connectivity index (χ1v) is 7.87. The summed E-state index contributed by atoms with van der Waals surface area (Å²) in [6.07, 6.45) is 2.19. The Morgan fingerprint density at radius 3 is 2.52 bits per heavy atom. The number of nitrogens with one attached hydrogen (secondary N) is 1. The van der Waals surface area contributed by atoms with Crippen LogP contribution in [-0.4, -0.2) is 58.4 Å². The Hall–Kier alpha value is -1.26. The molecule has 0 unspecified atom stereocenters. The second-order valence-corrected chi connectivity index (χ2v) is 6.26. The molecule has 1 fully saturated rings. The zero-order valence-electron chi connectivity index (χ0n) is 13.9. The number of likely N-dealkylation sites (N-methyl/N-ethyl adjacent to an activating group) is 2. The Bertz CT molecular complexity index is 442. The summed E-state index contributed by atoms with van der Waals surface area (Å²) in [7, 11) is 6.38. The molecule has 1 aromatic carbocycles. The van der Waals surface area contributed by atoms with E-state index in [9.17, 15) is 0 Å². The van der Waals surface area contributed by atoms with Gasteiger partial charge in [-0.05, 0) is 51.6 Å². The highest BCUT2D eigenvalue weighted by Gasteiger charge is 2.14. The molecular formula is C17H29N3O. The summed E-state index contributed by atoms with van der Waals surface area (Å²) in [4.78, 5) is 4.53. The van der Waals surface area contributed by atoms with Crippen LogP contribution in [0.25, 0.3) is 0 Å². The minimum Gasteiger partial charge on any atom is -0.382 e. The molecule has 0 aromatic heterocycles. The highest BCUT2D eigenvalue weighted by molar-refractivity contribution is 5.62. The average molecular weight is 291 g/mol. The smallest absolute Gasteiger partial charge is 0.0485 e. The van der Waals surface area contributed by atoms with Crippen molar-refractivity contribution in [2.45, 2.75) is 25.8 Å². The zero-order valence-corrected chi connectivity index (χ0v) is 13.9. The van der Waals surface area contributed by atoms with Crippen LogP contribution in [0.2, 0.25) is 0 Å². The Morgan fingerprint density at radius 2 is 1.86 bits per heavy atom. The molecule has 21 heavy (non-hydrogen) atoms. The van der Waals surface area contributed by atoms with E-state index >= 15 is 0 Å². The van der Waals surface area contributed by atoms with Gasteiger partial charge < -0.3 is 19.9 Å². The molecule has 1 N–H and O–H groups in total. The van der Waals surface area contributed by atoms with Gasteiger partial charge >= 0.3 is 0 Å². The summed E-state index contributed by atoms with van der Waals surface area (Å²) >= 11 is 0. The Labute approximate surface area is 129 Å². The van der Waals surface area contributed by atoms with Crippen molar-refractivity contribution >= 4 is 11.4 Å².